The lowest BCUT2D eigenvalue weighted by Crippen LogP contribution is -2.01. The zero-order valence-corrected chi connectivity index (χ0v) is 32.0. The van der Waals surface area contributed by atoms with Crippen LogP contribution in [0.5, 0.6) is 0 Å². The highest BCUT2D eigenvalue weighted by Gasteiger charge is 2.18. The summed E-state index contributed by atoms with van der Waals surface area (Å²) in [4.78, 5) is 19.2. The molecule has 9 aromatic carbocycles. The summed E-state index contributed by atoms with van der Waals surface area (Å²) >= 11 is 0. The summed E-state index contributed by atoms with van der Waals surface area (Å²) in [6.07, 6.45) is 0. The summed E-state index contributed by atoms with van der Waals surface area (Å²) in [5, 5.41) is 8.70. The van der Waals surface area contributed by atoms with E-state index in [1.165, 1.54) is 0 Å². The molecular weight excluding hydrogens is 735 g/mol. The number of furan rings is 1. The van der Waals surface area contributed by atoms with Crippen molar-refractivity contribution >= 4 is 71.0 Å². The summed E-state index contributed by atoms with van der Waals surface area (Å²) < 4.78 is 8.45. The number of aromatic nitrogens is 4. The van der Waals surface area contributed by atoms with Crippen LogP contribution in [0.15, 0.2) is 192 Å². The van der Waals surface area contributed by atoms with E-state index in [9.17, 15) is 0 Å². The van der Waals surface area contributed by atoms with Crippen LogP contribution in [0.3, 0.4) is 0 Å². The Labute approximate surface area is 344 Å². The summed E-state index contributed by atoms with van der Waals surface area (Å²) in [5.74, 6) is 1.86. The number of fused-ring (bicyclic) bond motifs is 8. The Morgan fingerprint density at radius 3 is 1.65 bits per heavy atom. The molecule has 12 rings (SSSR count). The lowest BCUT2D eigenvalue weighted by Gasteiger charge is -2.12. The van der Waals surface area contributed by atoms with Gasteiger partial charge in [-0.3, -0.25) is 0 Å². The van der Waals surface area contributed by atoms with Crippen molar-refractivity contribution in [1.29, 1.82) is 0 Å². The standard InChI is InChI=1S/C54H31N5O/c1-55-38-25-28-49-46(31-38)45-30-37(24-27-48(45)59(49)39-26-29-51-47(32-39)42-16-6-7-19-50(42)60-51)33-20-22-36(23-21-33)52-56-53(43-17-8-12-34-10-2-4-14-40(34)43)58-54(57-52)44-18-9-13-35-11-3-5-15-41(35)44/h2-32H. The number of hydrogen-bond donors (Lipinski definition) is 0. The molecule has 0 atom stereocenters. The van der Waals surface area contributed by atoms with Gasteiger partial charge in [-0.25, -0.2) is 19.8 Å². The van der Waals surface area contributed by atoms with Crippen LogP contribution < -0.4 is 0 Å². The Bertz CT molecular complexity index is 3630. The first-order valence-corrected chi connectivity index (χ1v) is 19.9. The van der Waals surface area contributed by atoms with Crippen molar-refractivity contribution in [2.45, 2.75) is 0 Å². The van der Waals surface area contributed by atoms with Gasteiger partial charge in [0.1, 0.15) is 11.2 Å². The minimum atomic E-state index is 0.606. The zero-order valence-electron chi connectivity index (χ0n) is 32.0. The molecule has 278 valence electrons. The first-order chi connectivity index (χ1) is 29.7. The van der Waals surface area contributed by atoms with Gasteiger partial charge in [-0.1, -0.05) is 140 Å². The van der Waals surface area contributed by atoms with Gasteiger partial charge in [0.15, 0.2) is 23.2 Å². The van der Waals surface area contributed by atoms with Gasteiger partial charge < -0.3 is 8.98 Å². The lowest BCUT2D eigenvalue weighted by molar-refractivity contribution is 0.669. The molecule has 3 aromatic heterocycles. The number of nitrogens with zero attached hydrogens (tertiary/aromatic N) is 5. The van der Waals surface area contributed by atoms with Crippen LogP contribution in [0.4, 0.5) is 5.69 Å². The maximum Gasteiger partial charge on any atom is 0.188 e. The predicted octanol–water partition coefficient (Wildman–Crippen LogP) is 14.4. The molecule has 0 amide bonds. The fourth-order valence-electron chi connectivity index (χ4n) is 8.79. The van der Waals surface area contributed by atoms with Gasteiger partial charge in [0.25, 0.3) is 0 Å². The molecule has 0 aliphatic rings. The Morgan fingerprint density at radius 2 is 0.950 bits per heavy atom. The second-order valence-electron chi connectivity index (χ2n) is 15.1. The molecular formula is C54H31N5O. The summed E-state index contributed by atoms with van der Waals surface area (Å²) in [7, 11) is 0. The number of hydrogen-bond acceptors (Lipinski definition) is 4. The maximum atomic E-state index is 7.80. The van der Waals surface area contributed by atoms with Gasteiger partial charge in [-0.15, -0.1) is 0 Å². The summed E-state index contributed by atoms with van der Waals surface area (Å²) in [6, 6.07) is 64.8. The van der Waals surface area contributed by atoms with E-state index in [1.54, 1.807) is 0 Å². The van der Waals surface area contributed by atoms with Gasteiger partial charge in [0.2, 0.25) is 0 Å². The Kier molecular flexibility index (Phi) is 7.50. The number of rotatable bonds is 5. The molecule has 6 nitrogen and oxygen atoms in total. The fraction of sp³-hybridized carbons (Fsp3) is 0. The van der Waals surface area contributed by atoms with E-state index < -0.39 is 0 Å². The highest BCUT2D eigenvalue weighted by atomic mass is 16.3. The number of benzene rings is 9. The molecule has 60 heavy (non-hydrogen) atoms. The maximum absolute atomic E-state index is 7.80. The van der Waals surface area contributed by atoms with Gasteiger partial charge in [0.05, 0.1) is 17.6 Å². The zero-order chi connectivity index (χ0) is 39.7. The van der Waals surface area contributed by atoms with Crippen LogP contribution in [0.1, 0.15) is 0 Å². The molecule has 6 heteroatoms. The average Bonchev–Trinajstić information content (AvgIpc) is 3.85. The van der Waals surface area contributed by atoms with Crippen molar-refractivity contribution in [3.8, 4) is 51.0 Å². The minimum Gasteiger partial charge on any atom is -0.456 e. The van der Waals surface area contributed by atoms with Crippen LogP contribution in [0.25, 0.3) is 121 Å². The average molecular weight is 766 g/mol. The molecule has 0 N–H and O–H groups in total. The van der Waals surface area contributed by atoms with Crippen molar-refractivity contribution in [2.24, 2.45) is 0 Å². The fourth-order valence-corrected chi connectivity index (χ4v) is 8.79. The van der Waals surface area contributed by atoms with E-state index in [2.05, 4.69) is 161 Å². The second-order valence-corrected chi connectivity index (χ2v) is 15.1. The van der Waals surface area contributed by atoms with Crippen molar-refractivity contribution in [3.05, 3.63) is 199 Å². The SMILES string of the molecule is [C-]#[N+]c1ccc2c(c1)c1cc(-c3ccc(-c4nc(-c5cccc6ccccc56)nc(-c5cccc6ccccc56)n4)cc3)ccc1n2-c1ccc2oc3ccccc3c2c1. The number of para-hydroxylation sites is 1. The third-order valence-electron chi connectivity index (χ3n) is 11.7. The quantitative estimate of drug-likeness (QED) is 0.164. The molecule has 0 fully saturated rings. The van der Waals surface area contributed by atoms with Gasteiger partial charge in [-0.2, -0.15) is 0 Å². The largest absolute Gasteiger partial charge is 0.456 e. The molecule has 3 heterocycles. The Hall–Kier alpha value is -8.40. The van der Waals surface area contributed by atoms with E-state index in [0.717, 1.165) is 98.8 Å². The molecule has 0 saturated heterocycles. The summed E-state index contributed by atoms with van der Waals surface area (Å²) in [5.41, 5.74) is 10.4. The van der Waals surface area contributed by atoms with Crippen LogP contribution >= 0.6 is 0 Å². The topological polar surface area (TPSA) is 61.1 Å². The monoisotopic (exact) mass is 765 g/mol. The van der Waals surface area contributed by atoms with E-state index >= 15 is 0 Å². The van der Waals surface area contributed by atoms with E-state index in [0.29, 0.717) is 23.2 Å². The van der Waals surface area contributed by atoms with Crippen LogP contribution in [0, 0.1) is 6.57 Å². The molecule has 0 radical (unpaired) electrons. The van der Waals surface area contributed by atoms with Crippen molar-refractivity contribution < 1.29 is 4.42 Å². The Balaban J connectivity index is 0.985. The van der Waals surface area contributed by atoms with Crippen molar-refractivity contribution in [3.63, 3.8) is 0 Å². The molecule has 0 aliphatic carbocycles. The third-order valence-corrected chi connectivity index (χ3v) is 11.7. The third kappa shape index (κ3) is 5.38. The second kappa shape index (κ2) is 13.3. The highest BCUT2D eigenvalue weighted by molar-refractivity contribution is 6.12. The minimum absolute atomic E-state index is 0.606. The van der Waals surface area contributed by atoms with E-state index in [-0.39, 0.29) is 0 Å². The predicted molar refractivity (Wildman–Crippen MR) is 244 cm³/mol. The smallest absolute Gasteiger partial charge is 0.188 e. The molecule has 0 unspecified atom stereocenters. The molecule has 0 spiro atoms. The van der Waals surface area contributed by atoms with E-state index in [1.807, 2.05) is 36.4 Å². The van der Waals surface area contributed by atoms with Crippen molar-refractivity contribution in [1.82, 2.24) is 19.5 Å². The van der Waals surface area contributed by atoms with E-state index in [4.69, 9.17) is 25.9 Å². The highest BCUT2D eigenvalue weighted by Crippen LogP contribution is 2.39. The first-order valence-electron chi connectivity index (χ1n) is 19.9. The molecule has 0 saturated carbocycles. The van der Waals surface area contributed by atoms with Gasteiger partial charge in [0, 0.05) is 38.5 Å². The van der Waals surface area contributed by atoms with Crippen LogP contribution in [-0.2, 0) is 0 Å². The van der Waals surface area contributed by atoms with Crippen LogP contribution in [-0.4, -0.2) is 19.5 Å². The molecule has 0 aliphatic heterocycles. The lowest BCUT2D eigenvalue weighted by atomic mass is 10.0. The normalized spacial score (nSPS) is 11.7. The Morgan fingerprint density at radius 1 is 0.400 bits per heavy atom. The first kappa shape index (κ1) is 33.7. The van der Waals surface area contributed by atoms with Crippen molar-refractivity contribution in [2.75, 3.05) is 0 Å². The molecule has 12 aromatic rings. The van der Waals surface area contributed by atoms with Gasteiger partial charge >= 0.3 is 0 Å². The van der Waals surface area contributed by atoms with Crippen LogP contribution in [0.2, 0.25) is 0 Å². The molecule has 0 bridgehead atoms. The van der Waals surface area contributed by atoms with Gasteiger partial charge in [-0.05, 0) is 86.6 Å². The summed E-state index contributed by atoms with van der Waals surface area (Å²) in [6.45, 7) is 7.80.